The average molecular weight is 353 g/mol. The molecule has 1 saturated carbocycles. The maximum atomic E-state index is 12.1. The first kappa shape index (κ1) is 16.5. The molecule has 0 unspecified atom stereocenters. The van der Waals surface area contributed by atoms with Gasteiger partial charge in [-0.15, -0.1) is 0 Å². The first-order valence-corrected chi connectivity index (χ1v) is 8.46. The highest BCUT2D eigenvalue weighted by molar-refractivity contribution is 9.10. The van der Waals surface area contributed by atoms with E-state index in [1.807, 2.05) is 12.1 Å². The Labute approximate surface area is 135 Å². The number of carbonyl (C=O) groups excluding carboxylic acids is 1. The molecule has 0 aromatic heterocycles. The minimum Gasteiger partial charge on any atom is -0.355 e. The smallest absolute Gasteiger partial charge is 0.220 e. The lowest BCUT2D eigenvalue weighted by atomic mass is 9.84. The van der Waals surface area contributed by atoms with Crippen molar-refractivity contribution in [1.29, 1.82) is 0 Å². The Morgan fingerprint density at radius 1 is 1.33 bits per heavy atom. The van der Waals surface area contributed by atoms with Gasteiger partial charge in [-0.2, -0.15) is 0 Å². The first-order valence-electron chi connectivity index (χ1n) is 7.67. The lowest BCUT2D eigenvalue weighted by Crippen LogP contribution is -2.38. The van der Waals surface area contributed by atoms with Crippen molar-refractivity contribution < 1.29 is 4.79 Å². The Bertz CT molecular complexity index is 484. The number of amides is 1. The van der Waals surface area contributed by atoms with E-state index in [1.165, 1.54) is 5.56 Å². The first-order chi connectivity index (χ1) is 9.88. The van der Waals surface area contributed by atoms with Gasteiger partial charge in [-0.05, 0) is 36.5 Å². The van der Waals surface area contributed by atoms with Crippen LogP contribution in [0.25, 0.3) is 0 Å². The Morgan fingerprint density at radius 3 is 2.57 bits per heavy atom. The molecule has 0 aliphatic heterocycles. The van der Waals surface area contributed by atoms with Crippen molar-refractivity contribution >= 4 is 21.8 Å². The number of rotatable bonds is 5. The largest absolute Gasteiger partial charge is 0.355 e. The normalized spacial score (nSPS) is 22.3. The standard InChI is InChI=1S/C17H25BrN2O/c1-17(2,13-6-8-14(18)9-7-13)11-20-16(21)10-12-4-3-5-15(12)19/h6-9,12,15H,3-5,10-11,19H2,1-2H3,(H,20,21)/t12-,15+/m0/s1. The fourth-order valence-electron chi connectivity index (χ4n) is 2.95. The molecule has 3 N–H and O–H groups in total. The molecular formula is C17H25BrN2O. The zero-order valence-electron chi connectivity index (χ0n) is 12.9. The maximum absolute atomic E-state index is 12.1. The van der Waals surface area contributed by atoms with Crippen molar-refractivity contribution in [2.45, 2.75) is 51.0 Å². The van der Waals surface area contributed by atoms with Gasteiger partial charge in [0.1, 0.15) is 0 Å². The van der Waals surface area contributed by atoms with E-state index in [4.69, 9.17) is 5.73 Å². The van der Waals surface area contributed by atoms with Gasteiger partial charge in [-0.1, -0.05) is 48.3 Å². The molecule has 0 spiro atoms. The van der Waals surface area contributed by atoms with E-state index in [9.17, 15) is 4.79 Å². The molecule has 0 saturated heterocycles. The molecule has 21 heavy (non-hydrogen) atoms. The summed E-state index contributed by atoms with van der Waals surface area (Å²) < 4.78 is 1.07. The molecule has 2 rings (SSSR count). The van der Waals surface area contributed by atoms with Crippen LogP contribution in [-0.4, -0.2) is 18.5 Å². The van der Waals surface area contributed by atoms with E-state index in [2.05, 4.69) is 47.2 Å². The van der Waals surface area contributed by atoms with Gasteiger partial charge in [0.2, 0.25) is 5.91 Å². The van der Waals surface area contributed by atoms with Crippen molar-refractivity contribution in [2.24, 2.45) is 11.7 Å². The molecule has 0 radical (unpaired) electrons. The van der Waals surface area contributed by atoms with Crippen LogP contribution in [0.1, 0.15) is 45.1 Å². The second-order valence-electron chi connectivity index (χ2n) is 6.73. The van der Waals surface area contributed by atoms with E-state index in [-0.39, 0.29) is 17.4 Å². The van der Waals surface area contributed by atoms with Crippen LogP contribution in [0.15, 0.2) is 28.7 Å². The van der Waals surface area contributed by atoms with Crippen molar-refractivity contribution in [2.75, 3.05) is 6.54 Å². The van der Waals surface area contributed by atoms with Crippen LogP contribution in [-0.2, 0) is 10.2 Å². The van der Waals surface area contributed by atoms with Crippen LogP contribution >= 0.6 is 15.9 Å². The van der Waals surface area contributed by atoms with Crippen LogP contribution in [0.4, 0.5) is 0 Å². The van der Waals surface area contributed by atoms with E-state index in [0.29, 0.717) is 18.9 Å². The fraction of sp³-hybridized carbons (Fsp3) is 0.588. The fourth-order valence-corrected chi connectivity index (χ4v) is 3.22. The molecule has 1 amide bonds. The van der Waals surface area contributed by atoms with Gasteiger partial charge in [0.25, 0.3) is 0 Å². The van der Waals surface area contributed by atoms with Gasteiger partial charge in [0.15, 0.2) is 0 Å². The summed E-state index contributed by atoms with van der Waals surface area (Å²) in [5, 5.41) is 3.08. The molecule has 2 atom stereocenters. The quantitative estimate of drug-likeness (QED) is 0.853. The van der Waals surface area contributed by atoms with E-state index in [1.54, 1.807) is 0 Å². The van der Waals surface area contributed by atoms with Gasteiger partial charge in [-0.25, -0.2) is 0 Å². The van der Waals surface area contributed by atoms with Crippen LogP contribution in [0, 0.1) is 5.92 Å². The van der Waals surface area contributed by atoms with E-state index >= 15 is 0 Å². The summed E-state index contributed by atoms with van der Waals surface area (Å²) in [6, 6.07) is 8.48. The average Bonchev–Trinajstić information content (AvgIpc) is 2.83. The van der Waals surface area contributed by atoms with Crippen molar-refractivity contribution in [3.63, 3.8) is 0 Å². The number of nitrogens with two attached hydrogens (primary N) is 1. The van der Waals surface area contributed by atoms with Crippen LogP contribution in [0.3, 0.4) is 0 Å². The lowest BCUT2D eigenvalue weighted by molar-refractivity contribution is -0.122. The van der Waals surface area contributed by atoms with Gasteiger partial charge in [-0.3, -0.25) is 4.79 Å². The molecule has 1 aromatic rings. The van der Waals surface area contributed by atoms with Crippen LogP contribution in [0.5, 0.6) is 0 Å². The Balaban J connectivity index is 1.86. The zero-order valence-corrected chi connectivity index (χ0v) is 14.4. The maximum Gasteiger partial charge on any atom is 0.220 e. The lowest BCUT2D eigenvalue weighted by Gasteiger charge is -2.26. The summed E-state index contributed by atoms with van der Waals surface area (Å²) in [6.45, 7) is 4.95. The predicted octanol–water partition coefficient (Wildman–Crippen LogP) is 3.36. The van der Waals surface area contributed by atoms with Gasteiger partial charge >= 0.3 is 0 Å². The van der Waals surface area contributed by atoms with Gasteiger partial charge in [0.05, 0.1) is 0 Å². The van der Waals surface area contributed by atoms with E-state index in [0.717, 1.165) is 23.7 Å². The molecule has 116 valence electrons. The summed E-state index contributed by atoms with van der Waals surface area (Å²) >= 11 is 3.45. The number of halogens is 1. The molecule has 4 heteroatoms. The van der Waals surface area contributed by atoms with Crippen molar-refractivity contribution in [3.05, 3.63) is 34.3 Å². The van der Waals surface area contributed by atoms with E-state index < -0.39 is 0 Å². The predicted molar refractivity (Wildman–Crippen MR) is 90.1 cm³/mol. The third-order valence-electron chi connectivity index (χ3n) is 4.52. The summed E-state index contributed by atoms with van der Waals surface area (Å²) in [4.78, 5) is 12.1. The highest BCUT2D eigenvalue weighted by Gasteiger charge is 2.27. The monoisotopic (exact) mass is 352 g/mol. The van der Waals surface area contributed by atoms with Crippen LogP contribution < -0.4 is 11.1 Å². The molecule has 0 bridgehead atoms. The topological polar surface area (TPSA) is 55.1 Å². The summed E-state index contributed by atoms with van der Waals surface area (Å²) in [7, 11) is 0. The highest BCUT2D eigenvalue weighted by atomic mass is 79.9. The van der Waals surface area contributed by atoms with Gasteiger partial charge < -0.3 is 11.1 Å². The molecular weight excluding hydrogens is 328 g/mol. The minimum atomic E-state index is -0.0752. The summed E-state index contributed by atoms with van der Waals surface area (Å²) in [6.07, 6.45) is 3.87. The molecule has 1 fully saturated rings. The zero-order chi connectivity index (χ0) is 15.5. The number of carbonyl (C=O) groups is 1. The van der Waals surface area contributed by atoms with Crippen molar-refractivity contribution in [3.8, 4) is 0 Å². The molecule has 0 heterocycles. The SMILES string of the molecule is CC(C)(CNC(=O)C[C@@H]1CCC[C@H]1N)c1ccc(Br)cc1. The Hall–Kier alpha value is -0.870. The number of hydrogen-bond acceptors (Lipinski definition) is 2. The number of hydrogen-bond donors (Lipinski definition) is 2. The molecule has 1 aliphatic carbocycles. The minimum absolute atomic E-state index is 0.0752. The molecule has 3 nitrogen and oxygen atoms in total. The molecule has 1 aliphatic rings. The number of nitrogens with one attached hydrogen (secondary N) is 1. The van der Waals surface area contributed by atoms with Gasteiger partial charge in [0, 0.05) is 28.9 Å². The second-order valence-corrected chi connectivity index (χ2v) is 7.64. The van der Waals surface area contributed by atoms with Crippen molar-refractivity contribution in [1.82, 2.24) is 5.32 Å². The Morgan fingerprint density at radius 2 is 2.00 bits per heavy atom. The third kappa shape index (κ3) is 4.55. The Kier molecular flexibility index (Phi) is 5.44. The second kappa shape index (κ2) is 6.93. The number of benzene rings is 1. The third-order valence-corrected chi connectivity index (χ3v) is 5.05. The highest BCUT2D eigenvalue weighted by Crippen LogP contribution is 2.27. The molecule has 1 aromatic carbocycles. The van der Waals surface area contributed by atoms with Crippen LogP contribution in [0.2, 0.25) is 0 Å². The summed E-state index contributed by atoms with van der Waals surface area (Å²) in [5.41, 5.74) is 7.18. The summed E-state index contributed by atoms with van der Waals surface area (Å²) in [5.74, 6) is 0.489.